The molecule has 0 unspecified atom stereocenters. The Morgan fingerprint density at radius 1 is 0.524 bits per heavy atom. The van der Waals surface area contributed by atoms with Crippen molar-refractivity contribution >= 4 is 62.8 Å². The first kappa shape index (κ1) is 17.9. The fourth-order valence-corrected chi connectivity index (χ4v) is 10.7. The summed E-state index contributed by atoms with van der Waals surface area (Å²) in [6.45, 7) is 0. The second-order valence-corrected chi connectivity index (χ2v) is 12.8. The van der Waals surface area contributed by atoms with E-state index < -0.39 is 0 Å². The molecule has 0 N–H and O–H groups in total. The van der Waals surface area contributed by atoms with E-state index in [1.807, 2.05) is 62.8 Å². The van der Waals surface area contributed by atoms with Crippen molar-refractivity contribution < 1.29 is 0 Å². The average molecular weight is 389 g/mol. The van der Waals surface area contributed by atoms with E-state index in [2.05, 4.69) is 60.7 Å². The van der Waals surface area contributed by atoms with Crippen LogP contribution in [-0.4, -0.2) is 5.08 Å². The van der Waals surface area contributed by atoms with Crippen LogP contribution in [0.1, 0.15) is 11.1 Å². The summed E-state index contributed by atoms with van der Waals surface area (Å²) in [5, 5.41) is 1.12. The van der Waals surface area contributed by atoms with Crippen LogP contribution in [0.25, 0.3) is 0 Å². The first-order valence-corrected chi connectivity index (χ1v) is 14.0. The Morgan fingerprint density at radius 3 is 1.38 bits per heavy atom. The van der Waals surface area contributed by atoms with Crippen molar-refractivity contribution in [2.75, 3.05) is 5.08 Å². The highest BCUT2D eigenvalue weighted by Gasteiger charge is 1.97. The lowest BCUT2D eigenvalue weighted by Gasteiger charge is -2.02. The zero-order valence-electron chi connectivity index (χ0n) is 11.3. The van der Waals surface area contributed by atoms with Crippen LogP contribution in [0.2, 0.25) is 0 Å². The quantitative estimate of drug-likeness (QED) is 0.234. The van der Waals surface area contributed by atoms with Crippen molar-refractivity contribution in [2.45, 2.75) is 11.5 Å². The maximum absolute atomic E-state index is 2.18. The van der Waals surface area contributed by atoms with Gasteiger partial charge in [-0.1, -0.05) is 104 Å². The molecule has 2 aromatic carbocycles. The van der Waals surface area contributed by atoms with Crippen LogP contribution < -0.4 is 0 Å². The lowest BCUT2D eigenvalue weighted by Crippen LogP contribution is -1.75. The molecule has 0 aliphatic heterocycles. The minimum absolute atomic E-state index is 1.08. The second-order valence-electron chi connectivity index (χ2n) is 3.99. The van der Waals surface area contributed by atoms with E-state index in [0.717, 1.165) is 16.6 Å². The Labute approximate surface area is 150 Å². The predicted octanol–water partition coefficient (Wildman–Crippen LogP) is 7.40. The molecule has 0 radical (unpaired) electrons. The highest BCUT2D eigenvalue weighted by molar-refractivity contribution is 9.13. The monoisotopic (exact) mass is 388 g/mol. The first-order chi connectivity index (χ1) is 10.4. The van der Waals surface area contributed by atoms with E-state index in [4.69, 9.17) is 0 Å². The van der Waals surface area contributed by atoms with Gasteiger partial charge in [0.25, 0.3) is 0 Å². The second kappa shape index (κ2) is 12.0. The van der Waals surface area contributed by atoms with Gasteiger partial charge in [0, 0.05) is 11.5 Å². The van der Waals surface area contributed by atoms with E-state index in [0.29, 0.717) is 0 Å². The summed E-state index contributed by atoms with van der Waals surface area (Å²) in [7, 11) is 11.5. The van der Waals surface area contributed by atoms with Gasteiger partial charge in [0.1, 0.15) is 0 Å². The van der Waals surface area contributed by atoms with Gasteiger partial charge in [-0.3, -0.25) is 0 Å². The molecule has 0 fully saturated rings. The van der Waals surface area contributed by atoms with Crippen molar-refractivity contribution in [2.24, 2.45) is 0 Å². The van der Waals surface area contributed by atoms with Crippen LogP contribution >= 0.6 is 62.8 Å². The molecular weight excluding hydrogens is 373 g/mol. The molecule has 0 saturated carbocycles. The smallest absolute Gasteiger partial charge is 0.0616 e. The topological polar surface area (TPSA) is 0 Å². The third-order valence-electron chi connectivity index (χ3n) is 2.43. The van der Waals surface area contributed by atoms with E-state index in [-0.39, 0.29) is 0 Å². The van der Waals surface area contributed by atoms with Gasteiger partial charge in [-0.15, -0.1) is 0 Å². The lowest BCUT2D eigenvalue weighted by atomic mass is 10.2. The molecule has 6 heteroatoms. The van der Waals surface area contributed by atoms with Crippen LogP contribution in [0.3, 0.4) is 0 Å². The van der Waals surface area contributed by atoms with Crippen molar-refractivity contribution in [3.05, 3.63) is 71.8 Å². The molecule has 0 spiro atoms. The SMILES string of the molecule is c1ccc(CSSSCSSSCc2ccccc2)cc1. The molecule has 0 nitrogen and oxygen atoms in total. The number of hydrogen-bond donors (Lipinski definition) is 0. The Bertz CT molecular complexity index is 431. The maximum atomic E-state index is 2.18. The number of hydrogen-bond acceptors (Lipinski definition) is 6. The standard InChI is InChI=1S/C15H16S6/c1-3-7-14(8-4-1)11-16-20-18-13-19-21-17-12-15-9-5-2-6-10-15/h1-10H,11-13H2. The molecule has 0 aliphatic carbocycles. The van der Waals surface area contributed by atoms with Gasteiger partial charge < -0.3 is 0 Å². The van der Waals surface area contributed by atoms with Crippen LogP contribution in [-0.2, 0) is 11.5 Å². The van der Waals surface area contributed by atoms with Gasteiger partial charge in [-0.25, -0.2) is 0 Å². The van der Waals surface area contributed by atoms with Gasteiger partial charge in [-0.2, -0.15) is 0 Å². The van der Waals surface area contributed by atoms with Gasteiger partial charge in [-0.05, 0) is 30.8 Å². The zero-order chi connectivity index (χ0) is 14.6. The predicted molar refractivity (Wildman–Crippen MR) is 111 cm³/mol. The Morgan fingerprint density at radius 2 is 0.952 bits per heavy atom. The number of rotatable bonds is 10. The average Bonchev–Trinajstić information content (AvgIpc) is 2.55. The van der Waals surface area contributed by atoms with Gasteiger partial charge in [0.15, 0.2) is 0 Å². The largest absolute Gasteiger partial charge is 0.0777 e. The summed E-state index contributed by atoms with van der Waals surface area (Å²) >= 11 is 0. The molecule has 0 saturated heterocycles. The molecule has 0 amide bonds. The Balaban J connectivity index is 1.40. The Kier molecular flexibility index (Phi) is 10.2. The highest BCUT2D eigenvalue weighted by Crippen LogP contribution is 2.44. The van der Waals surface area contributed by atoms with Crippen molar-refractivity contribution in [1.29, 1.82) is 0 Å². The molecular formula is C15H16S6. The third kappa shape index (κ3) is 8.67. The molecule has 0 aliphatic rings. The van der Waals surface area contributed by atoms with Crippen molar-refractivity contribution in [3.63, 3.8) is 0 Å². The summed E-state index contributed by atoms with van der Waals surface area (Å²) in [5.74, 6) is 2.16. The minimum atomic E-state index is 1.08. The van der Waals surface area contributed by atoms with E-state index in [1.54, 1.807) is 0 Å². The lowest BCUT2D eigenvalue weighted by molar-refractivity contribution is 1.43. The minimum Gasteiger partial charge on any atom is -0.0777 e. The van der Waals surface area contributed by atoms with Crippen molar-refractivity contribution in [1.82, 2.24) is 0 Å². The summed E-state index contributed by atoms with van der Waals surface area (Å²) < 4.78 is 0. The van der Waals surface area contributed by atoms with Crippen LogP contribution in [0.4, 0.5) is 0 Å². The Hall–Kier alpha value is 0.540. The fourth-order valence-electron chi connectivity index (χ4n) is 1.46. The van der Waals surface area contributed by atoms with Crippen molar-refractivity contribution in [3.8, 4) is 0 Å². The fraction of sp³-hybridized carbons (Fsp3) is 0.200. The molecule has 2 rings (SSSR count). The molecule has 112 valence electrons. The molecule has 0 atom stereocenters. The van der Waals surface area contributed by atoms with E-state index in [1.165, 1.54) is 11.1 Å². The molecule has 21 heavy (non-hydrogen) atoms. The van der Waals surface area contributed by atoms with Gasteiger partial charge in [0.2, 0.25) is 0 Å². The van der Waals surface area contributed by atoms with Gasteiger partial charge in [0.05, 0.1) is 5.08 Å². The first-order valence-electron chi connectivity index (χ1n) is 6.35. The van der Waals surface area contributed by atoms with Crippen LogP contribution in [0.15, 0.2) is 60.7 Å². The van der Waals surface area contributed by atoms with E-state index in [9.17, 15) is 0 Å². The zero-order valence-corrected chi connectivity index (χ0v) is 16.2. The number of benzene rings is 2. The van der Waals surface area contributed by atoms with E-state index >= 15 is 0 Å². The normalized spacial score (nSPS) is 10.7. The summed E-state index contributed by atoms with van der Waals surface area (Å²) in [6, 6.07) is 21.3. The molecule has 2 aromatic rings. The third-order valence-corrected chi connectivity index (χ3v) is 11.5. The molecule has 0 bridgehead atoms. The molecule has 0 heterocycles. The highest BCUT2D eigenvalue weighted by atomic mass is 33.5. The maximum Gasteiger partial charge on any atom is 0.0616 e. The summed E-state index contributed by atoms with van der Waals surface area (Å²) in [5.41, 5.74) is 2.80. The van der Waals surface area contributed by atoms with Gasteiger partial charge >= 0.3 is 0 Å². The van der Waals surface area contributed by atoms with Crippen LogP contribution in [0.5, 0.6) is 0 Å². The molecule has 0 aromatic heterocycles. The van der Waals surface area contributed by atoms with Crippen LogP contribution in [0, 0.1) is 0 Å². The summed E-state index contributed by atoms with van der Waals surface area (Å²) in [6.07, 6.45) is 0. The summed E-state index contributed by atoms with van der Waals surface area (Å²) in [4.78, 5) is 0.